The molecule has 1 aromatic heterocycles. The van der Waals surface area contributed by atoms with Crippen molar-refractivity contribution in [2.24, 2.45) is 0 Å². The highest BCUT2D eigenvalue weighted by atomic mass is 16.3. The highest BCUT2D eigenvalue weighted by Gasteiger charge is 2.11. The van der Waals surface area contributed by atoms with Gasteiger partial charge < -0.3 is 15.9 Å². The van der Waals surface area contributed by atoms with Crippen LogP contribution in [0.1, 0.15) is 0 Å². The van der Waals surface area contributed by atoms with Crippen LogP contribution < -0.4 is 5.73 Å². The Kier molecular flexibility index (Phi) is 1.81. The van der Waals surface area contributed by atoms with E-state index in [2.05, 4.69) is 0 Å². The predicted molar refractivity (Wildman–Crippen MR) is 53.5 cm³/mol. The topological polar surface area (TPSA) is 71.4 Å². The monoisotopic (exact) mass is 190 g/mol. The Morgan fingerprint density at radius 2 is 1.71 bits per heavy atom. The van der Waals surface area contributed by atoms with E-state index in [0.29, 0.717) is 5.69 Å². The first-order chi connectivity index (χ1) is 6.70. The van der Waals surface area contributed by atoms with Gasteiger partial charge >= 0.3 is 0 Å². The van der Waals surface area contributed by atoms with Crippen molar-refractivity contribution in [1.82, 2.24) is 4.57 Å². The summed E-state index contributed by atoms with van der Waals surface area (Å²) in [7, 11) is 0. The van der Waals surface area contributed by atoms with Crippen LogP contribution in [0.2, 0.25) is 0 Å². The first-order valence-corrected chi connectivity index (χ1v) is 4.14. The van der Waals surface area contributed by atoms with E-state index >= 15 is 0 Å². The summed E-state index contributed by atoms with van der Waals surface area (Å²) >= 11 is 0. The molecular formula is C10H10N2O2. The Bertz CT molecular complexity index is 449. The second-order valence-electron chi connectivity index (χ2n) is 2.95. The summed E-state index contributed by atoms with van der Waals surface area (Å²) in [6, 6.07) is 10.3. The molecule has 0 bridgehead atoms. The second kappa shape index (κ2) is 2.99. The first-order valence-electron chi connectivity index (χ1n) is 4.14. The second-order valence-corrected chi connectivity index (χ2v) is 2.95. The first kappa shape index (κ1) is 8.50. The number of anilines is 1. The fourth-order valence-electron chi connectivity index (χ4n) is 1.34. The zero-order valence-corrected chi connectivity index (χ0v) is 7.38. The van der Waals surface area contributed by atoms with Gasteiger partial charge in [0.1, 0.15) is 0 Å². The lowest BCUT2D eigenvalue weighted by atomic mass is 10.3. The molecule has 0 unspecified atom stereocenters. The molecule has 0 amide bonds. The van der Waals surface area contributed by atoms with Crippen LogP contribution >= 0.6 is 0 Å². The predicted octanol–water partition coefficient (Wildman–Crippen LogP) is 1.47. The number of para-hydroxylation sites is 1. The van der Waals surface area contributed by atoms with Gasteiger partial charge in [-0.2, -0.15) is 0 Å². The van der Waals surface area contributed by atoms with E-state index in [1.807, 2.05) is 18.2 Å². The molecule has 2 aromatic rings. The Hall–Kier alpha value is -2.10. The van der Waals surface area contributed by atoms with Crippen molar-refractivity contribution in [1.29, 1.82) is 0 Å². The average Bonchev–Trinajstić information content (AvgIpc) is 2.43. The normalized spacial score (nSPS) is 10.3. The van der Waals surface area contributed by atoms with Gasteiger partial charge in [0.2, 0.25) is 11.8 Å². The van der Waals surface area contributed by atoms with Gasteiger partial charge in [0.25, 0.3) is 0 Å². The molecule has 0 aliphatic carbocycles. The van der Waals surface area contributed by atoms with E-state index < -0.39 is 0 Å². The molecule has 1 aromatic carbocycles. The average molecular weight is 190 g/mol. The summed E-state index contributed by atoms with van der Waals surface area (Å²) in [5, 5.41) is 19.0. The highest BCUT2D eigenvalue weighted by molar-refractivity contribution is 5.58. The van der Waals surface area contributed by atoms with E-state index in [1.165, 1.54) is 10.6 Å². The zero-order valence-electron chi connectivity index (χ0n) is 7.38. The molecule has 1 heterocycles. The Morgan fingerprint density at radius 1 is 1.07 bits per heavy atom. The van der Waals surface area contributed by atoms with Gasteiger partial charge in [-0.1, -0.05) is 18.2 Å². The van der Waals surface area contributed by atoms with Crippen LogP contribution in [0.15, 0.2) is 36.4 Å². The van der Waals surface area contributed by atoms with Crippen LogP contribution in [0.5, 0.6) is 11.8 Å². The molecular weight excluding hydrogens is 180 g/mol. The summed E-state index contributed by atoms with van der Waals surface area (Å²) in [6.07, 6.45) is 0. The van der Waals surface area contributed by atoms with Crippen LogP contribution in [-0.2, 0) is 0 Å². The number of aromatic nitrogens is 1. The maximum Gasteiger partial charge on any atom is 0.222 e. The summed E-state index contributed by atoms with van der Waals surface area (Å²) in [4.78, 5) is 0. The molecule has 4 N–H and O–H groups in total. The maximum absolute atomic E-state index is 9.55. The lowest BCUT2D eigenvalue weighted by Crippen LogP contribution is -1.92. The van der Waals surface area contributed by atoms with Gasteiger partial charge in [-0.25, -0.2) is 4.57 Å². The number of nitrogens with zero attached hydrogens (tertiary/aromatic N) is 1. The highest BCUT2D eigenvalue weighted by Crippen LogP contribution is 2.32. The minimum absolute atomic E-state index is 0.0776. The van der Waals surface area contributed by atoms with Gasteiger partial charge in [0.15, 0.2) is 0 Å². The fraction of sp³-hybridized carbons (Fsp3) is 0. The number of aromatic hydroxyl groups is 2. The van der Waals surface area contributed by atoms with E-state index in [9.17, 15) is 10.2 Å². The van der Waals surface area contributed by atoms with E-state index in [4.69, 9.17) is 5.73 Å². The van der Waals surface area contributed by atoms with Crippen LogP contribution in [0.25, 0.3) is 5.69 Å². The van der Waals surface area contributed by atoms with Gasteiger partial charge in [0, 0.05) is 6.07 Å². The summed E-state index contributed by atoms with van der Waals surface area (Å²) < 4.78 is 1.27. The molecule has 0 saturated carbocycles. The molecule has 0 saturated heterocycles. The third-order valence-electron chi connectivity index (χ3n) is 2.00. The van der Waals surface area contributed by atoms with Crippen molar-refractivity contribution in [2.45, 2.75) is 0 Å². The standard InChI is InChI=1S/C10H10N2O2/c11-8-6-9(13)12(10(8)14)7-4-2-1-3-5-7/h1-6,13-14H,11H2. The van der Waals surface area contributed by atoms with Crippen LogP contribution in [-0.4, -0.2) is 14.8 Å². The molecule has 0 aliphatic rings. The molecule has 0 radical (unpaired) electrons. The lowest BCUT2D eigenvalue weighted by molar-refractivity contribution is 0.403. The zero-order chi connectivity index (χ0) is 10.1. The molecule has 72 valence electrons. The largest absolute Gasteiger partial charge is 0.494 e. The minimum atomic E-state index is -0.145. The number of nitrogens with two attached hydrogens (primary N) is 1. The Labute approximate surface area is 80.8 Å². The van der Waals surface area contributed by atoms with E-state index in [0.717, 1.165) is 0 Å². The van der Waals surface area contributed by atoms with Crippen LogP contribution in [0.4, 0.5) is 5.69 Å². The van der Waals surface area contributed by atoms with E-state index in [1.54, 1.807) is 12.1 Å². The third kappa shape index (κ3) is 1.17. The maximum atomic E-state index is 9.55. The van der Waals surface area contributed by atoms with Crippen molar-refractivity contribution in [2.75, 3.05) is 5.73 Å². The quantitative estimate of drug-likeness (QED) is 0.637. The molecule has 14 heavy (non-hydrogen) atoms. The smallest absolute Gasteiger partial charge is 0.222 e. The molecule has 0 spiro atoms. The summed E-state index contributed by atoms with van der Waals surface area (Å²) in [6.45, 7) is 0. The lowest BCUT2D eigenvalue weighted by Gasteiger charge is -2.05. The van der Waals surface area contributed by atoms with Gasteiger partial charge in [-0.05, 0) is 12.1 Å². The number of nitrogen functional groups attached to an aromatic ring is 1. The van der Waals surface area contributed by atoms with Crippen LogP contribution in [0, 0.1) is 0 Å². The van der Waals surface area contributed by atoms with Crippen molar-refractivity contribution >= 4 is 5.69 Å². The third-order valence-corrected chi connectivity index (χ3v) is 2.00. The number of benzene rings is 1. The Morgan fingerprint density at radius 3 is 2.21 bits per heavy atom. The molecule has 4 heteroatoms. The SMILES string of the molecule is Nc1cc(O)n(-c2ccccc2)c1O. The van der Waals surface area contributed by atoms with Crippen LogP contribution in [0.3, 0.4) is 0 Å². The molecule has 0 aliphatic heterocycles. The van der Waals surface area contributed by atoms with Crippen molar-refractivity contribution in [3.63, 3.8) is 0 Å². The van der Waals surface area contributed by atoms with Crippen molar-refractivity contribution in [3.05, 3.63) is 36.4 Å². The van der Waals surface area contributed by atoms with Gasteiger partial charge in [-0.15, -0.1) is 0 Å². The number of hydrogen-bond acceptors (Lipinski definition) is 3. The fourth-order valence-corrected chi connectivity index (χ4v) is 1.34. The molecule has 0 fully saturated rings. The van der Waals surface area contributed by atoms with Crippen molar-refractivity contribution < 1.29 is 10.2 Å². The molecule has 4 nitrogen and oxygen atoms in total. The number of hydrogen-bond donors (Lipinski definition) is 3. The summed E-state index contributed by atoms with van der Waals surface area (Å²) in [5.74, 6) is -0.222. The van der Waals surface area contributed by atoms with Gasteiger partial charge in [-0.3, -0.25) is 0 Å². The van der Waals surface area contributed by atoms with E-state index in [-0.39, 0.29) is 17.4 Å². The summed E-state index contributed by atoms with van der Waals surface area (Å²) in [5.41, 5.74) is 6.27. The number of rotatable bonds is 1. The van der Waals surface area contributed by atoms with Crippen molar-refractivity contribution in [3.8, 4) is 17.4 Å². The Balaban J connectivity index is 2.62. The molecule has 2 rings (SSSR count). The minimum Gasteiger partial charge on any atom is -0.494 e. The molecule has 0 atom stereocenters. The van der Waals surface area contributed by atoms with Gasteiger partial charge in [0.05, 0.1) is 11.4 Å².